The van der Waals surface area contributed by atoms with Crippen LogP contribution in [0.5, 0.6) is 0 Å². The number of nitrogens with one attached hydrogen (secondary N) is 1. The average molecular weight is 283 g/mol. The highest BCUT2D eigenvalue weighted by Gasteiger charge is 2.48. The summed E-state index contributed by atoms with van der Waals surface area (Å²) in [5, 5.41) is 13.5. The van der Waals surface area contributed by atoms with Crippen molar-refractivity contribution < 1.29 is 0 Å². The fourth-order valence-electron chi connectivity index (χ4n) is 3.26. The molecule has 0 saturated heterocycles. The van der Waals surface area contributed by atoms with Crippen molar-refractivity contribution in [3.05, 3.63) is 29.3 Å². The molecule has 0 amide bonds. The lowest BCUT2D eigenvalue weighted by Gasteiger charge is -2.34. The van der Waals surface area contributed by atoms with E-state index in [-0.39, 0.29) is 5.54 Å². The number of hydrogen-bond donors (Lipinski definition) is 1. The second-order valence-corrected chi connectivity index (χ2v) is 6.98. The first-order chi connectivity index (χ1) is 10.0. The van der Waals surface area contributed by atoms with Gasteiger partial charge in [0.2, 0.25) is 0 Å². The van der Waals surface area contributed by atoms with Gasteiger partial charge in [-0.05, 0) is 68.7 Å². The van der Waals surface area contributed by atoms with Gasteiger partial charge in [0.15, 0.2) is 0 Å². The van der Waals surface area contributed by atoms with E-state index in [9.17, 15) is 5.26 Å². The third kappa shape index (κ3) is 3.22. The summed E-state index contributed by atoms with van der Waals surface area (Å²) >= 11 is 0. The van der Waals surface area contributed by atoms with E-state index in [1.54, 1.807) is 0 Å². The highest BCUT2D eigenvalue weighted by atomic mass is 15.2. The standard InChI is InChI=1S/C18H25N3/c1-13-8-14(2)10-17(9-13)21(3)12-18(11-19,15-4-5-15)20-16-6-7-16/h8-10,15-16,20H,4-7,12H2,1-3H3. The quantitative estimate of drug-likeness (QED) is 0.871. The van der Waals surface area contributed by atoms with Crippen molar-refractivity contribution in [2.45, 2.75) is 51.1 Å². The summed E-state index contributed by atoms with van der Waals surface area (Å²) < 4.78 is 0. The van der Waals surface area contributed by atoms with E-state index in [2.05, 4.69) is 55.4 Å². The highest BCUT2D eigenvalue weighted by Crippen LogP contribution is 2.42. The van der Waals surface area contributed by atoms with Gasteiger partial charge >= 0.3 is 0 Å². The summed E-state index contributed by atoms with van der Waals surface area (Å²) in [6.45, 7) is 5.03. The van der Waals surface area contributed by atoms with Crippen LogP contribution in [-0.2, 0) is 0 Å². The molecule has 1 aromatic rings. The van der Waals surface area contributed by atoms with Crippen LogP contribution in [0.1, 0.15) is 36.8 Å². The van der Waals surface area contributed by atoms with Gasteiger partial charge in [-0.3, -0.25) is 5.32 Å². The second-order valence-electron chi connectivity index (χ2n) is 6.98. The Labute approximate surface area is 128 Å². The van der Waals surface area contributed by atoms with E-state index in [1.165, 1.54) is 42.5 Å². The van der Waals surface area contributed by atoms with Crippen LogP contribution in [0, 0.1) is 31.1 Å². The van der Waals surface area contributed by atoms with Gasteiger partial charge in [-0.25, -0.2) is 0 Å². The Bertz CT molecular complexity index is 546. The molecule has 3 rings (SSSR count). The Balaban J connectivity index is 1.79. The van der Waals surface area contributed by atoms with Crippen molar-refractivity contribution in [1.29, 1.82) is 5.26 Å². The number of nitrogens with zero attached hydrogens (tertiary/aromatic N) is 2. The summed E-state index contributed by atoms with van der Waals surface area (Å²) in [5.74, 6) is 0.524. The van der Waals surface area contributed by atoms with Gasteiger partial charge < -0.3 is 4.90 Å². The number of hydrogen-bond acceptors (Lipinski definition) is 3. The van der Waals surface area contributed by atoms with Crippen molar-refractivity contribution >= 4 is 5.69 Å². The molecule has 2 aliphatic carbocycles. The summed E-state index contributed by atoms with van der Waals surface area (Å²) in [6.07, 6.45) is 4.83. The molecule has 3 heteroatoms. The minimum Gasteiger partial charge on any atom is -0.372 e. The zero-order valence-electron chi connectivity index (χ0n) is 13.3. The third-order valence-electron chi connectivity index (χ3n) is 4.65. The molecule has 0 radical (unpaired) electrons. The summed E-state index contributed by atoms with van der Waals surface area (Å²) in [7, 11) is 2.11. The van der Waals surface area contributed by atoms with Crippen LogP contribution < -0.4 is 10.2 Å². The number of nitriles is 1. The summed E-state index contributed by atoms with van der Waals surface area (Å²) in [4.78, 5) is 2.25. The Morgan fingerprint density at radius 1 is 1.19 bits per heavy atom. The van der Waals surface area contributed by atoms with Crippen molar-refractivity contribution in [3.63, 3.8) is 0 Å². The van der Waals surface area contributed by atoms with E-state index < -0.39 is 0 Å². The molecule has 2 aliphatic rings. The lowest BCUT2D eigenvalue weighted by molar-refractivity contribution is 0.365. The van der Waals surface area contributed by atoms with Crippen LogP contribution >= 0.6 is 0 Å². The van der Waals surface area contributed by atoms with Crippen molar-refractivity contribution in [1.82, 2.24) is 5.32 Å². The van der Waals surface area contributed by atoms with Crippen LogP contribution in [-0.4, -0.2) is 25.2 Å². The maximum absolute atomic E-state index is 9.83. The number of benzene rings is 1. The van der Waals surface area contributed by atoms with Gasteiger partial charge in [-0.2, -0.15) is 5.26 Å². The number of anilines is 1. The van der Waals surface area contributed by atoms with E-state index in [4.69, 9.17) is 0 Å². The highest BCUT2D eigenvalue weighted by molar-refractivity contribution is 5.51. The Morgan fingerprint density at radius 3 is 2.29 bits per heavy atom. The molecule has 1 unspecified atom stereocenters. The van der Waals surface area contributed by atoms with Gasteiger partial charge in [-0.15, -0.1) is 0 Å². The summed E-state index contributed by atoms with van der Waals surface area (Å²) in [6, 6.07) is 9.80. The van der Waals surface area contributed by atoms with Crippen molar-refractivity contribution in [2.24, 2.45) is 5.92 Å². The van der Waals surface area contributed by atoms with Gasteiger partial charge in [0, 0.05) is 25.3 Å². The van der Waals surface area contributed by atoms with Gasteiger partial charge in [0.25, 0.3) is 0 Å². The molecule has 112 valence electrons. The van der Waals surface area contributed by atoms with Crippen LogP contribution in [0.2, 0.25) is 0 Å². The average Bonchev–Trinajstić information content (AvgIpc) is 3.29. The first kappa shape index (κ1) is 14.4. The minimum absolute atomic E-state index is 0.367. The molecule has 0 heterocycles. The molecule has 1 aromatic carbocycles. The lowest BCUT2D eigenvalue weighted by atomic mass is 9.93. The van der Waals surface area contributed by atoms with Crippen LogP contribution in [0.15, 0.2) is 18.2 Å². The molecule has 0 aliphatic heterocycles. The molecule has 2 saturated carbocycles. The summed E-state index contributed by atoms with van der Waals surface area (Å²) in [5.41, 5.74) is 3.40. The largest absolute Gasteiger partial charge is 0.372 e. The molecular formula is C18H25N3. The van der Waals surface area contributed by atoms with Crippen molar-refractivity contribution in [3.8, 4) is 6.07 Å². The monoisotopic (exact) mass is 283 g/mol. The molecule has 0 bridgehead atoms. The van der Waals surface area contributed by atoms with Crippen LogP contribution in [0.4, 0.5) is 5.69 Å². The molecule has 1 N–H and O–H groups in total. The van der Waals surface area contributed by atoms with E-state index in [0.29, 0.717) is 12.0 Å². The molecule has 2 fully saturated rings. The fourth-order valence-corrected chi connectivity index (χ4v) is 3.26. The smallest absolute Gasteiger partial charge is 0.127 e. The topological polar surface area (TPSA) is 39.1 Å². The van der Waals surface area contributed by atoms with Gasteiger partial charge in [0.05, 0.1) is 6.07 Å². The first-order valence-electron chi connectivity index (χ1n) is 8.01. The van der Waals surface area contributed by atoms with Crippen LogP contribution in [0.3, 0.4) is 0 Å². The Kier molecular flexibility index (Phi) is 3.67. The lowest BCUT2D eigenvalue weighted by Crippen LogP contribution is -2.54. The molecule has 0 spiro atoms. The minimum atomic E-state index is -0.367. The first-order valence-corrected chi connectivity index (χ1v) is 8.01. The predicted molar refractivity (Wildman–Crippen MR) is 86.4 cm³/mol. The number of aryl methyl sites for hydroxylation is 2. The predicted octanol–water partition coefficient (Wildman–Crippen LogP) is 3.16. The molecular weight excluding hydrogens is 258 g/mol. The van der Waals surface area contributed by atoms with Gasteiger partial charge in [-0.1, -0.05) is 6.07 Å². The zero-order valence-corrected chi connectivity index (χ0v) is 13.3. The third-order valence-corrected chi connectivity index (χ3v) is 4.65. The maximum Gasteiger partial charge on any atom is 0.127 e. The number of rotatable bonds is 6. The second kappa shape index (κ2) is 5.35. The molecule has 21 heavy (non-hydrogen) atoms. The molecule has 3 nitrogen and oxygen atoms in total. The SMILES string of the molecule is Cc1cc(C)cc(N(C)CC(C#N)(NC2CC2)C2CC2)c1. The van der Waals surface area contributed by atoms with E-state index in [0.717, 1.165) is 6.54 Å². The normalized spacial score (nSPS) is 20.7. The molecule has 0 aromatic heterocycles. The zero-order chi connectivity index (χ0) is 15.0. The Morgan fingerprint density at radius 2 is 1.81 bits per heavy atom. The fraction of sp³-hybridized carbons (Fsp3) is 0.611. The van der Waals surface area contributed by atoms with Gasteiger partial charge in [0.1, 0.15) is 5.54 Å². The maximum atomic E-state index is 9.83. The van der Waals surface area contributed by atoms with E-state index in [1.807, 2.05) is 0 Å². The Hall–Kier alpha value is -1.53. The van der Waals surface area contributed by atoms with Crippen molar-refractivity contribution in [2.75, 3.05) is 18.5 Å². The molecule has 1 atom stereocenters. The van der Waals surface area contributed by atoms with Crippen LogP contribution in [0.25, 0.3) is 0 Å². The van der Waals surface area contributed by atoms with E-state index >= 15 is 0 Å². The number of likely N-dealkylation sites (N-methyl/N-ethyl adjacent to an activating group) is 1.